The highest BCUT2D eigenvalue weighted by molar-refractivity contribution is 9.10. The second-order valence-electron chi connectivity index (χ2n) is 5.57. The quantitative estimate of drug-likeness (QED) is 0.602. The molecule has 6 nitrogen and oxygen atoms in total. The summed E-state index contributed by atoms with van der Waals surface area (Å²) in [5, 5.41) is 6.93. The third-order valence-electron chi connectivity index (χ3n) is 3.76. The lowest BCUT2D eigenvalue weighted by atomic mass is 10.3. The third kappa shape index (κ3) is 4.54. The summed E-state index contributed by atoms with van der Waals surface area (Å²) >= 11 is 3.39. The van der Waals surface area contributed by atoms with Gasteiger partial charge in [-0.25, -0.2) is 8.78 Å². The van der Waals surface area contributed by atoms with E-state index >= 15 is 0 Å². The van der Waals surface area contributed by atoms with Gasteiger partial charge in [0.15, 0.2) is 17.3 Å². The van der Waals surface area contributed by atoms with E-state index in [4.69, 9.17) is 9.15 Å². The zero-order chi connectivity index (χ0) is 19.4. The summed E-state index contributed by atoms with van der Waals surface area (Å²) in [7, 11) is 0. The molecule has 0 aliphatic heterocycles. The van der Waals surface area contributed by atoms with Gasteiger partial charge in [-0.2, -0.15) is 5.10 Å². The Kier molecular flexibility index (Phi) is 5.90. The summed E-state index contributed by atoms with van der Waals surface area (Å²) < 4.78 is 39.7. The van der Waals surface area contributed by atoms with E-state index in [2.05, 4.69) is 26.3 Å². The van der Waals surface area contributed by atoms with Gasteiger partial charge >= 0.3 is 0 Å². The number of ether oxygens (including phenoxy) is 1. The zero-order valence-electron chi connectivity index (χ0n) is 14.3. The molecule has 2 aromatic heterocycles. The van der Waals surface area contributed by atoms with Gasteiger partial charge in [-0.1, -0.05) is 0 Å². The number of rotatable bonds is 7. The lowest BCUT2D eigenvalue weighted by molar-refractivity contribution is 0.0917. The Morgan fingerprint density at radius 1 is 1.33 bits per heavy atom. The van der Waals surface area contributed by atoms with Crippen LogP contribution in [0, 0.1) is 11.6 Å². The van der Waals surface area contributed by atoms with Crippen molar-refractivity contribution in [3.05, 3.63) is 69.9 Å². The van der Waals surface area contributed by atoms with Crippen LogP contribution in [0.15, 0.2) is 45.4 Å². The van der Waals surface area contributed by atoms with Crippen molar-refractivity contribution in [1.82, 2.24) is 15.1 Å². The monoisotopic (exact) mass is 439 g/mol. The fourth-order valence-corrected chi connectivity index (χ4v) is 2.84. The second kappa shape index (κ2) is 8.34. The maximum atomic E-state index is 13.5. The van der Waals surface area contributed by atoms with Crippen molar-refractivity contribution in [1.29, 1.82) is 0 Å². The van der Waals surface area contributed by atoms with Gasteiger partial charge in [-0.3, -0.25) is 9.48 Å². The van der Waals surface area contributed by atoms with Crippen LogP contribution in [0.2, 0.25) is 0 Å². The highest BCUT2D eigenvalue weighted by Crippen LogP contribution is 2.20. The van der Waals surface area contributed by atoms with Gasteiger partial charge in [0.2, 0.25) is 0 Å². The van der Waals surface area contributed by atoms with E-state index in [-0.39, 0.29) is 24.7 Å². The minimum absolute atomic E-state index is 0.0933. The van der Waals surface area contributed by atoms with E-state index in [9.17, 15) is 13.6 Å². The number of carbonyl (C=O) groups is 1. The van der Waals surface area contributed by atoms with E-state index in [1.165, 1.54) is 12.1 Å². The van der Waals surface area contributed by atoms with E-state index in [0.717, 1.165) is 22.3 Å². The number of furan rings is 1. The van der Waals surface area contributed by atoms with Gasteiger partial charge in [0, 0.05) is 12.6 Å². The molecule has 0 saturated heterocycles. The molecule has 1 aromatic carbocycles. The SMILES string of the molecule is CCn1ncc(Br)c1CNC(=O)c1ccc(COc2ccc(F)cc2F)o1. The topological polar surface area (TPSA) is 69.3 Å². The Balaban J connectivity index is 1.58. The third-order valence-corrected chi connectivity index (χ3v) is 4.43. The highest BCUT2D eigenvalue weighted by atomic mass is 79.9. The molecule has 0 aliphatic rings. The molecule has 3 aromatic rings. The first-order valence-corrected chi connectivity index (χ1v) is 8.92. The van der Waals surface area contributed by atoms with Gasteiger partial charge in [-0.05, 0) is 47.1 Å². The number of carbonyl (C=O) groups excluding carboxylic acids is 1. The first kappa shape index (κ1) is 19.1. The van der Waals surface area contributed by atoms with Gasteiger partial charge in [0.05, 0.1) is 22.9 Å². The second-order valence-corrected chi connectivity index (χ2v) is 6.42. The van der Waals surface area contributed by atoms with Crippen molar-refractivity contribution in [2.75, 3.05) is 0 Å². The molecule has 3 rings (SSSR count). The van der Waals surface area contributed by atoms with Gasteiger partial charge in [0.25, 0.3) is 5.91 Å². The van der Waals surface area contributed by atoms with E-state index in [1.807, 2.05) is 6.92 Å². The van der Waals surface area contributed by atoms with Crippen LogP contribution in [0.4, 0.5) is 8.78 Å². The summed E-state index contributed by atoms with van der Waals surface area (Å²) in [5.74, 6) is -1.55. The predicted molar refractivity (Wildman–Crippen MR) is 96.2 cm³/mol. The average molecular weight is 440 g/mol. The first-order valence-electron chi connectivity index (χ1n) is 8.13. The molecule has 0 aliphatic carbocycles. The number of halogens is 3. The number of benzene rings is 1. The molecule has 0 bridgehead atoms. The van der Waals surface area contributed by atoms with Crippen molar-refractivity contribution >= 4 is 21.8 Å². The fraction of sp³-hybridized carbons (Fsp3) is 0.222. The van der Waals surface area contributed by atoms with Crippen LogP contribution in [-0.2, 0) is 19.7 Å². The standard InChI is InChI=1S/C18H16BrF2N3O3/c1-2-24-15(13(19)8-23-24)9-22-18(25)17-6-4-12(27-17)10-26-16-5-3-11(20)7-14(16)21/h3-8H,2,9-10H2,1H3,(H,22,25). The number of hydrogen-bond acceptors (Lipinski definition) is 4. The summed E-state index contributed by atoms with van der Waals surface area (Å²) in [4.78, 5) is 12.2. The Labute approximate surface area is 162 Å². The number of amides is 1. The van der Waals surface area contributed by atoms with Crippen LogP contribution in [0.5, 0.6) is 5.75 Å². The Morgan fingerprint density at radius 3 is 2.89 bits per heavy atom. The molecule has 1 amide bonds. The highest BCUT2D eigenvalue weighted by Gasteiger charge is 2.14. The van der Waals surface area contributed by atoms with Gasteiger partial charge < -0.3 is 14.5 Å². The number of hydrogen-bond donors (Lipinski definition) is 1. The molecule has 0 saturated carbocycles. The smallest absolute Gasteiger partial charge is 0.287 e. The van der Waals surface area contributed by atoms with Crippen LogP contribution in [0.3, 0.4) is 0 Å². The summed E-state index contributed by atoms with van der Waals surface area (Å²) in [6, 6.07) is 6.08. The summed E-state index contributed by atoms with van der Waals surface area (Å²) in [5.41, 5.74) is 0.841. The van der Waals surface area contributed by atoms with E-state index < -0.39 is 17.5 Å². The van der Waals surface area contributed by atoms with Gasteiger partial charge in [-0.15, -0.1) is 0 Å². The summed E-state index contributed by atoms with van der Waals surface area (Å²) in [6.07, 6.45) is 1.67. The van der Waals surface area contributed by atoms with Crippen molar-refractivity contribution < 1.29 is 22.7 Å². The molecule has 2 heterocycles. The molecule has 142 valence electrons. The number of aryl methyl sites for hydroxylation is 1. The fourth-order valence-electron chi connectivity index (χ4n) is 2.41. The van der Waals surface area contributed by atoms with Crippen LogP contribution in [0.25, 0.3) is 0 Å². The molecule has 0 spiro atoms. The number of aromatic nitrogens is 2. The van der Waals surface area contributed by atoms with E-state index in [0.29, 0.717) is 12.3 Å². The van der Waals surface area contributed by atoms with Crippen molar-refractivity contribution in [3.8, 4) is 5.75 Å². The van der Waals surface area contributed by atoms with E-state index in [1.54, 1.807) is 16.9 Å². The molecule has 0 radical (unpaired) electrons. The Hall–Kier alpha value is -2.68. The van der Waals surface area contributed by atoms with Crippen LogP contribution >= 0.6 is 15.9 Å². The lowest BCUT2D eigenvalue weighted by Gasteiger charge is -2.07. The molecule has 0 fully saturated rings. The zero-order valence-corrected chi connectivity index (χ0v) is 15.9. The van der Waals surface area contributed by atoms with Crippen LogP contribution < -0.4 is 10.1 Å². The maximum absolute atomic E-state index is 13.5. The molecular weight excluding hydrogens is 424 g/mol. The predicted octanol–water partition coefficient (Wildman–Crippen LogP) is 4.05. The average Bonchev–Trinajstić information content (AvgIpc) is 3.25. The minimum Gasteiger partial charge on any atom is -0.483 e. The van der Waals surface area contributed by atoms with Crippen molar-refractivity contribution in [2.45, 2.75) is 26.6 Å². The number of nitrogens with zero attached hydrogens (tertiary/aromatic N) is 2. The Bertz CT molecular complexity index is 955. The molecule has 1 N–H and O–H groups in total. The minimum atomic E-state index is -0.808. The summed E-state index contributed by atoms with van der Waals surface area (Å²) in [6.45, 7) is 2.82. The van der Waals surface area contributed by atoms with Crippen molar-refractivity contribution in [2.24, 2.45) is 0 Å². The molecule has 27 heavy (non-hydrogen) atoms. The van der Waals surface area contributed by atoms with Crippen LogP contribution in [-0.4, -0.2) is 15.7 Å². The lowest BCUT2D eigenvalue weighted by Crippen LogP contribution is -2.24. The molecule has 0 unspecified atom stereocenters. The molecule has 9 heteroatoms. The maximum Gasteiger partial charge on any atom is 0.287 e. The normalized spacial score (nSPS) is 10.8. The Morgan fingerprint density at radius 2 is 2.15 bits per heavy atom. The number of nitrogens with one attached hydrogen (secondary N) is 1. The molecule has 0 atom stereocenters. The largest absolute Gasteiger partial charge is 0.483 e. The van der Waals surface area contributed by atoms with Crippen LogP contribution in [0.1, 0.15) is 28.9 Å². The van der Waals surface area contributed by atoms with Gasteiger partial charge in [0.1, 0.15) is 18.2 Å². The first-order chi connectivity index (χ1) is 13.0. The van der Waals surface area contributed by atoms with Crippen molar-refractivity contribution in [3.63, 3.8) is 0 Å². The molecular formula is C18H16BrF2N3O3.